The number of carbonyl (C=O) groups is 3. The van der Waals surface area contributed by atoms with Crippen LogP contribution in [-0.2, 0) is 33.3 Å². The third-order valence-corrected chi connectivity index (χ3v) is 4.55. The second-order valence-electron chi connectivity index (χ2n) is 5.25. The molecule has 9 heteroatoms. The number of fused-ring (bicyclic) bond motifs is 1. The fraction of sp³-hybridized carbons (Fsp3) is 0.714. The molecule has 8 nitrogen and oxygen atoms in total. The van der Waals surface area contributed by atoms with Gasteiger partial charge in [0.05, 0.1) is 10.3 Å². The van der Waals surface area contributed by atoms with E-state index in [0.29, 0.717) is 0 Å². The summed E-state index contributed by atoms with van der Waals surface area (Å²) in [5.41, 5.74) is 0. The van der Waals surface area contributed by atoms with Gasteiger partial charge in [-0.3, -0.25) is 19.4 Å². The first kappa shape index (κ1) is 17.7. The maximum absolute atomic E-state index is 11.4. The Labute approximate surface area is 137 Å². The van der Waals surface area contributed by atoms with Crippen molar-refractivity contribution in [1.29, 1.82) is 0 Å². The van der Waals surface area contributed by atoms with Crippen LogP contribution < -0.4 is 0 Å². The van der Waals surface area contributed by atoms with E-state index in [1.807, 2.05) is 6.92 Å². The minimum absolute atomic E-state index is 0.103. The first-order chi connectivity index (χ1) is 10.8. The lowest BCUT2D eigenvalue weighted by Crippen LogP contribution is -2.58. The van der Waals surface area contributed by atoms with Crippen LogP contribution in [0, 0.1) is 0 Å². The summed E-state index contributed by atoms with van der Waals surface area (Å²) < 4.78 is 21.2. The Balaban J connectivity index is 2.22. The predicted octanol–water partition coefficient (Wildman–Crippen LogP) is 0.672. The topological polar surface area (TPSA) is 100 Å². The van der Waals surface area contributed by atoms with E-state index >= 15 is 0 Å². The van der Waals surface area contributed by atoms with Gasteiger partial charge in [-0.05, 0) is 6.92 Å². The molecule has 23 heavy (non-hydrogen) atoms. The zero-order chi connectivity index (χ0) is 17.1. The standard InChI is InChI=1S/C14H19NO7S/c1-6-15-11-13(23-6)12(20-8(3)17)10(5-19-7(2)16)22-14(11)21-9(4)18/h10-14H,5H2,1-4H3/t10-,11+,12-,13-,14-/m1/s1. The van der Waals surface area contributed by atoms with Crippen molar-refractivity contribution in [1.82, 2.24) is 0 Å². The highest BCUT2D eigenvalue weighted by Crippen LogP contribution is 2.39. The number of thioether (sulfide) groups is 1. The van der Waals surface area contributed by atoms with Crippen molar-refractivity contribution in [2.45, 2.75) is 57.5 Å². The largest absolute Gasteiger partial charge is 0.463 e. The maximum Gasteiger partial charge on any atom is 0.305 e. The van der Waals surface area contributed by atoms with E-state index < -0.39 is 42.4 Å². The third-order valence-electron chi connectivity index (χ3n) is 3.29. The van der Waals surface area contributed by atoms with Crippen LogP contribution >= 0.6 is 11.8 Å². The smallest absolute Gasteiger partial charge is 0.305 e. The summed E-state index contributed by atoms with van der Waals surface area (Å²) in [6.45, 7) is 5.56. The number of carbonyl (C=O) groups excluding carboxylic acids is 3. The first-order valence-corrected chi connectivity index (χ1v) is 8.00. The summed E-state index contributed by atoms with van der Waals surface area (Å²) in [6, 6.07) is -0.471. The van der Waals surface area contributed by atoms with Gasteiger partial charge < -0.3 is 18.9 Å². The van der Waals surface area contributed by atoms with Gasteiger partial charge in [-0.1, -0.05) is 0 Å². The van der Waals surface area contributed by atoms with Gasteiger partial charge in [0.15, 0.2) is 0 Å². The molecule has 0 bridgehead atoms. The molecule has 2 aliphatic heterocycles. The first-order valence-electron chi connectivity index (χ1n) is 7.12. The Kier molecular flexibility index (Phi) is 5.64. The molecule has 0 aliphatic carbocycles. The van der Waals surface area contributed by atoms with Gasteiger partial charge >= 0.3 is 17.9 Å². The second-order valence-corrected chi connectivity index (χ2v) is 6.62. The van der Waals surface area contributed by atoms with Crippen LogP contribution in [0.1, 0.15) is 27.7 Å². The van der Waals surface area contributed by atoms with Gasteiger partial charge in [-0.15, -0.1) is 11.8 Å². The molecule has 0 saturated carbocycles. The quantitative estimate of drug-likeness (QED) is 0.541. The summed E-state index contributed by atoms with van der Waals surface area (Å²) in [6.07, 6.45) is -2.30. The molecular weight excluding hydrogens is 326 g/mol. The van der Waals surface area contributed by atoms with Gasteiger partial charge in [-0.25, -0.2) is 0 Å². The molecule has 0 N–H and O–H groups in total. The maximum atomic E-state index is 11.4. The zero-order valence-corrected chi connectivity index (χ0v) is 14.1. The van der Waals surface area contributed by atoms with Crippen LogP contribution in [0.3, 0.4) is 0 Å². The average molecular weight is 345 g/mol. The number of esters is 3. The van der Waals surface area contributed by atoms with E-state index in [4.69, 9.17) is 18.9 Å². The van der Waals surface area contributed by atoms with Crippen molar-refractivity contribution in [3.8, 4) is 0 Å². The molecule has 0 aromatic rings. The normalized spacial score (nSPS) is 32.5. The van der Waals surface area contributed by atoms with Gasteiger partial charge in [0.25, 0.3) is 0 Å². The molecule has 0 aromatic heterocycles. The summed E-state index contributed by atoms with van der Waals surface area (Å²) in [7, 11) is 0. The highest BCUT2D eigenvalue weighted by Gasteiger charge is 2.52. The molecule has 2 aliphatic rings. The van der Waals surface area contributed by atoms with Crippen LogP contribution in [0.5, 0.6) is 0 Å². The monoisotopic (exact) mass is 345 g/mol. The Hall–Kier alpha value is -1.61. The molecule has 128 valence electrons. The van der Waals surface area contributed by atoms with E-state index in [1.54, 1.807) is 0 Å². The highest BCUT2D eigenvalue weighted by atomic mass is 32.2. The van der Waals surface area contributed by atoms with Crippen molar-refractivity contribution in [3.05, 3.63) is 0 Å². The summed E-state index contributed by atoms with van der Waals surface area (Å²) in [4.78, 5) is 38.2. The van der Waals surface area contributed by atoms with E-state index in [-0.39, 0.29) is 11.9 Å². The molecule has 2 heterocycles. The molecule has 5 atom stereocenters. The average Bonchev–Trinajstić information content (AvgIpc) is 2.80. The SMILES string of the molecule is CC(=O)OC[C@H]1O[C@@H](OC(C)=O)[C@H]2N=C(C)S[C@H]2[C@@H]1OC(C)=O. The Morgan fingerprint density at radius 1 is 1.13 bits per heavy atom. The number of rotatable bonds is 4. The molecule has 0 amide bonds. The van der Waals surface area contributed by atoms with Crippen molar-refractivity contribution >= 4 is 34.7 Å². The minimum atomic E-state index is -0.908. The number of hydrogen-bond donors (Lipinski definition) is 0. The molecule has 0 unspecified atom stereocenters. The van der Waals surface area contributed by atoms with Crippen molar-refractivity contribution in [2.24, 2.45) is 4.99 Å². The van der Waals surface area contributed by atoms with E-state index in [9.17, 15) is 14.4 Å². The molecule has 2 rings (SSSR count). The molecular formula is C14H19NO7S. The number of nitrogens with zero attached hydrogens (tertiary/aromatic N) is 1. The fourth-order valence-corrected chi connectivity index (χ4v) is 3.80. The molecule has 0 spiro atoms. The fourth-order valence-electron chi connectivity index (χ4n) is 2.53. The van der Waals surface area contributed by atoms with Crippen molar-refractivity contribution in [2.75, 3.05) is 6.61 Å². The van der Waals surface area contributed by atoms with Crippen LogP contribution in [-0.4, -0.2) is 59.3 Å². The van der Waals surface area contributed by atoms with Gasteiger partial charge in [0.2, 0.25) is 6.29 Å². The van der Waals surface area contributed by atoms with Gasteiger partial charge in [0.1, 0.15) is 24.9 Å². The summed E-state index contributed by atoms with van der Waals surface area (Å²) >= 11 is 1.43. The zero-order valence-electron chi connectivity index (χ0n) is 13.3. The Morgan fingerprint density at radius 3 is 2.35 bits per heavy atom. The summed E-state index contributed by atoms with van der Waals surface area (Å²) in [5, 5.41) is 0.517. The van der Waals surface area contributed by atoms with Crippen LogP contribution in [0.25, 0.3) is 0 Å². The minimum Gasteiger partial charge on any atom is -0.463 e. The molecule has 1 fully saturated rings. The lowest BCUT2D eigenvalue weighted by molar-refractivity contribution is -0.237. The molecule has 0 aromatic carbocycles. The number of aliphatic imine (C=N–C) groups is 1. The van der Waals surface area contributed by atoms with Crippen molar-refractivity contribution in [3.63, 3.8) is 0 Å². The number of ether oxygens (including phenoxy) is 4. The van der Waals surface area contributed by atoms with Gasteiger partial charge in [-0.2, -0.15) is 0 Å². The molecule has 1 saturated heterocycles. The van der Waals surface area contributed by atoms with E-state index in [1.165, 1.54) is 32.5 Å². The predicted molar refractivity (Wildman–Crippen MR) is 80.9 cm³/mol. The lowest BCUT2D eigenvalue weighted by atomic mass is 10.00. The van der Waals surface area contributed by atoms with Crippen LogP contribution in [0.4, 0.5) is 0 Å². The molecule has 0 radical (unpaired) electrons. The summed E-state index contributed by atoms with van der Waals surface area (Å²) in [5.74, 6) is -1.45. The van der Waals surface area contributed by atoms with E-state index in [0.717, 1.165) is 5.04 Å². The lowest BCUT2D eigenvalue weighted by Gasteiger charge is -2.41. The second kappa shape index (κ2) is 7.31. The Bertz CT molecular complexity index is 535. The van der Waals surface area contributed by atoms with Gasteiger partial charge in [0, 0.05) is 20.8 Å². The highest BCUT2D eigenvalue weighted by molar-refractivity contribution is 8.14. The number of hydrogen-bond acceptors (Lipinski definition) is 9. The third kappa shape index (κ3) is 4.44. The van der Waals surface area contributed by atoms with Crippen molar-refractivity contribution < 1.29 is 33.3 Å². The Morgan fingerprint density at radius 2 is 1.78 bits per heavy atom. The van der Waals surface area contributed by atoms with E-state index in [2.05, 4.69) is 4.99 Å². The van der Waals surface area contributed by atoms with Crippen LogP contribution in [0.2, 0.25) is 0 Å². The van der Waals surface area contributed by atoms with Crippen LogP contribution in [0.15, 0.2) is 4.99 Å².